The number of non-ortho nitro benzene ring substituents is 1. The fourth-order valence-electron chi connectivity index (χ4n) is 1.54. The van der Waals surface area contributed by atoms with Gasteiger partial charge in [0.1, 0.15) is 0 Å². The minimum Gasteiger partial charge on any atom is -0.481 e. The summed E-state index contributed by atoms with van der Waals surface area (Å²) >= 11 is 0. The molecule has 0 aliphatic carbocycles. The number of carbonyl (C=O) groups is 1. The van der Waals surface area contributed by atoms with Gasteiger partial charge in [-0.2, -0.15) is 0 Å². The van der Waals surface area contributed by atoms with E-state index in [-0.39, 0.29) is 5.69 Å². The molecule has 1 N–H and O–H groups in total. The Balaban J connectivity index is 2.14. The van der Waals surface area contributed by atoms with Crippen LogP contribution >= 0.6 is 0 Å². The van der Waals surface area contributed by atoms with Gasteiger partial charge in [-0.05, 0) is 12.1 Å². The molecule has 0 unspecified atom stereocenters. The first-order chi connectivity index (χ1) is 9.60. The zero-order chi connectivity index (χ0) is 14.5. The van der Waals surface area contributed by atoms with Gasteiger partial charge in [0.2, 0.25) is 5.88 Å². The normalized spacial score (nSPS) is 9.85. The lowest BCUT2D eigenvalue weighted by molar-refractivity contribution is -0.384. The average Bonchev–Trinajstić information content (AvgIpc) is 2.47. The standard InChI is InChI=1S/C13H11N3O4/c1-20-12-6-5-9(8-14-12)13(17)15-10-3-2-4-11(7-10)16(18)19/h2-8H,1H3,(H,15,17). The minimum atomic E-state index is -0.523. The van der Waals surface area contributed by atoms with Crippen molar-refractivity contribution in [1.82, 2.24) is 4.98 Å². The number of methoxy groups -OCH3 is 1. The Morgan fingerprint density at radius 1 is 1.35 bits per heavy atom. The molecule has 0 aliphatic rings. The molecular formula is C13H11N3O4. The van der Waals surface area contributed by atoms with E-state index in [1.807, 2.05) is 0 Å². The predicted octanol–water partition coefficient (Wildman–Crippen LogP) is 2.25. The van der Waals surface area contributed by atoms with E-state index >= 15 is 0 Å². The van der Waals surface area contributed by atoms with Crippen molar-refractivity contribution in [3.05, 3.63) is 58.3 Å². The van der Waals surface area contributed by atoms with Crippen LogP contribution in [0.4, 0.5) is 11.4 Å². The Morgan fingerprint density at radius 3 is 2.75 bits per heavy atom. The molecule has 2 rings (SSSR count). The Bertz CT molecular complexity index is 640. The molecule has 0 aliphatic heterocycles. The molecule has 0 fully saturated rings. The molecule has 0 spiro atoms. The molecule has 2 aromatic rings. The second kappa shape index (κ2) is 5.79. The van der Waals surface area contributed by atoms with Gasteiger partial charge in [0.15, 0.2) is 0 Å². The highest BCUT2D eigenvalue weighted by Gasteiger charge is 2.10. The Morgan fingerprint density at radius 2 is 2.15 bits per heavy atom. The van der Waals surface area contributed by atoms with Crippen LogP contribution in [0.1, 0.15) is 10.4 Å². The number of nitrogens with zero attached hydrogens (tertiary/aromatic N) is 2. The van der Waals surface area contributed by atoms with Gasteiger partial charge in [0, 0.05) is 30.1 Å². The summed E-state index contributed by atoms with van der Waals surface area (Å²) in [5, 5.41) is 13.2. The molecule has 20 heavy (non-hydrogen) atoms. The maximum Gasteiger partial charge on any atom is 0.271 e. The molecule has 0 saturated carbocycles. The van der Waals surface area contributed by atoms with Gasteiger partial charge < -0.3 is 10.1 Å². The van der Waals surface area contributed by atoms with Gasteiger partial charge in [-0.1, -0.05) is 6.07 Å². The fourth-order valence-corrected chi connectivity index (χ4v) is 1.54. The van der Waals surface area contributed by atoms with Crippen molar-refractivity contribution in [1.29, 1.82) is 0 Å². The average molecular weight is 273 g/mol. The molecule has 1 amide bonds. The summed E-state index contributed by atoms with van der Waals surface area (Å²) in [6.07, 6.45) is 1.37. The van der Waals surface area contributed by atoms with Crippen LogP contribution in [0.3, 0.4) is 0 Å². The summed E-state index contributed by atoms with van der Waals surface area (Å²) in [5.41, 5.74) is 0.591. The van der Waals surface area contributed by atoms with Gasteiger partial charge in [0.05, 0.1) is 17.6 Å². The van der Waals surface area contributed by atoms with E-state index in [0.29, 0.717) is 17.1 Å². The summed E-state index contributed by atoms with van der Waals surface area (Å²) in [6.45, 7) is 0. The van der Waals surface area contributed by atoms with Crippen LogP contribution in [0.15, 0.2) is 42.6 Å². The SMILES string of the molecule is COc1ccc(C(=O)Nc2cccc([N+](=O)[O-])c2)cn1. The first-order valence-corrected chi connectivity index (χ1v) is 5.66. The number of nitro benzene ring substituents is 1. The zero-order valence-electron chi connectivity index (χ0n) is 10.6. The number of nitrogens with one attached hydrogen (secondary N) is 1. The van der Waals surface area contributed by atoms with E-state index in [4.69, 9.17) is 4.74 Å². The molecule has 0 radical (unpaired) electrons. The first-order valence-electron chi connectivity index (χ1n) is 5.66. The summed E-state index contributed by atoms with van der Waals surface area (Å²) in [7, 11) is 1.48. The van der Waals surface area contributed by atoms with Gasteiger partial charge in [-0.15, -0.1) is 0 Å². The van der Waals surface area contributed by atoms with Crippen molar-refractivity contribution in [2.45, 2.75) is 0 Å². The number of pyridine rings is 1. The number of ether oxygens (including phenoxy) is 1. The third-order valence-electron chi connectivity index (χ3n) is 2.52. The largest absolute Gasteiger partial charge is 0.481 e. The second-order valence-corrected chi connectivity index (χ2v) is 3.85. The van der Waals surface area contributed by atoms with Gasteiger partial charge >= 0.3 is 0 Å². The number of aromatic nitrogens is 1. The summed E-state index contributed by atoms with van der Waals surface area (Å²) in [6, 6.07) is 8.82. The van der Waals surface area contributed by atoms with Crippen LogP contribution < -0.4 is 10.1 Å². The van der Waals surface area contributed by atoms with Crippen LogP contribution in [-0.4, -0.2) is 22.9 Å². The molecule has 0 saturated heterocycles. The van der Waals surface area contributed by atoms with Crippen molar-refractivity contribution >= 4 is 17.3 Å². The molecule has 1 aromatic carbocycles. The Labute approximate surface area is 114 Å². The first kappa shape index (κ1) is 13.5. The lowest BCUT2D eigenvalue weighted by atomic mass is 10.2. The van der Waals surface area contributed by atoms with Crippen LogP contribution in [-0.2, 0) is 0 Å². The minimum absolute atomic E-state index is 0.0874. The number of anilines is 1. The molecule has 7 nitrogen and oxygen atoms in total. The smallest absolute Gasteiger partial charge is 0.271 e. The van der Waals surface area contributed by atoms with E-state index < -0.39 is 10.8 Å². The highest BCUT2D eigenvalue weighted by Crippen LogP contribution is 2.18. The van der Waals surface area contributed by atoms with Crippen molar-refractivity contribution < 1.29 is 14.5 Å². The van der Waals surface area contributed by atoms with Crippen LogP contribution in [0.25, 0.3) is 0 Å². The molecule has 0 atom stereocenters. The Hall–Kier alpha value is -2.96. The fraction of sp³-hybridized carbons (Fsp3) is 0.0769. The molecule has 0 bridgehead atoms. The molecule has 1 heterocycles. The van der Waals surface area contributed by atoms with Gasteiger partial charge in [-0.25, -0.2) is 4.98 Å². The third-order valence-corrected chi connectivity index (χ3v) is 2.52. The third kappa shape index (κ3) is 3.08. The number of rotatable bonds is 4. The van der Waals surface area contributed by atoms with E-state index in [0.717, 1.165) is 0 Å². The maximum atomic E-state index is 11.9. The van der Waals surface area contributed by atoms with Gasteiger partial charge in [-0.3, -0.25) is 14.9 Å². The highest BCUT2D eigenvalue weighted by atomic mass is 16.6. The van der Waals surface area contributed by atoms with Crippen molar-refractivity contribution in [3.8, 4) is 5.88 Å². The number of hydrogen-bond donors (Lipinski definition) is 1. The Kier molecular flexibility index (Phi) is 3.90. The lowest BCUT2D eigenvalue weighted by Gasteiger charge is -2.05. The van der Waals surface area contributed by atoms with E-state index in [1.165, 1.54) is 31.5 Å². The van der Waals surface area contributed by atoms with E-state index in [1.54, 1.807) is 18.2 Å². The quantitative estimate of drug-likeness (QED) is 0.681. The van der Waals surface area contributed by atoms with Crippen LogP contribution in [0.2, 0.25) is 0 Å². The zero-order valence-corrected chi connectivity index (χ0v) is 10.6. The summed E-state index contributed by atoms with van der Waals surface area (Å²) in [5.74, 6) is -0.00227. The number of nitro groups is 1. The number of benzene rings is 1. The van der Waals surface area contributed by atoms with Crippen molar-refractivity contribution in [3.63, 3.8) is 0 Å². The highest BCUT2D eigenvalue weighted by molar-refractivity contribution is 6.04. The van der Waals surface area contributed by atoms with E-state index in [9.17, 15) is 14.9 Å². The van der Waals surface area contributed by atoms with Crippen molar-refractivity contribution in [2.75, 3.05) is 12.4 Å². The number of amides is 1. The molecule has 102 valence electrons. The topological polar surface area (TPSA) is 94.4 Å². The summed E-state index contributed by atoms with van der Waals surface area (Å²) < 4.78 is 4.89. The molecular weight excluding hydrogens is 262 g/mol. The predicted molar refractivity (Wildman–Crippen MR) is 71.8 cm³/mol. The number of carbonyl (C=O) groups excluding carboxylic acids is 1. The lowest BCUT2D eigenvalue weighted by Crippen LogP contribution is -2.12. The molecule has 7 heteroatoms. The summed E-state index contributed by atoms with van der Waals surface area (Å²) in [4.78, 5) is 26.0. The van der Waals surface area contributed by atoms with Crippen molar-refractivity contribution in [2.24, 2.45) is 0 Å². The monoisotopic (exact) mass is 273 g/mol. The van der Waals surface area contributed by atoms with Crippen LogP contribution in [0, 0.1) is 10.1 Å². The second-order valence-electron chi connectivity index (χ2n) is 3.85. The van der Waals surface area contributed by atoms with E-state index in [2.05, 4.69) is 10.3 Å². The maximum absolute atomic E-state index is 11.9. The number of hydrogen-bond acceptors (Lipinski definition) is 5. The molecule has 1 aromatic heterocycles. The van der Waals surface area contributed by atoms with Gasteiger partial charge in [0.25, 0.3) is 11.6 Å². The van der Waals surface area contributed by atoms with Crippen LogP contribution in [0.5, 0.6) is 5.88 Å².